The van der Waals surface area contributed by atoms with Gasteiger partial charge in [0.2, 0.25) is 5.52 Å². The van der Waals surface area contributed by atoms with Crippen LogP contribution in [-0.4, -0.2) is 11.2 Å². The molecule has 0 N–H and O–H groups in total. The monoisotopic (exact) mass is 354 g/mol. The van der Waals surface area contributed by atoms with Crippen LogP contribution in [0.3, 0.4) is 0 Å². The minimum Gasteiger partial charge on any atom is -0.315 e. The average Bonchev–Trinajstić information content (AvgIpc) is 3.09. The fraction of sp³-hybridized carbons (Fsp3) is 0.409. The van der Waals surface area contributed by atoms with Gasteiger partial charge in [0, 0.05) is 17.4 Å². The lowest BCUT2D eigenvalue weighted by atomic mass is 10.0. The van der Waals surface area contributed by atoms with Gasteiger partial charge in [0.1, 0.15) is 0 Å². The molecule has 0 radical (unpaired) electrons. The van der Waals surface area contributed by atoms with Crippen LogP contribution in [0.5, 0.6) is 0 Å². The molecule has 1 saturated carbocycles. The van der Waals surface area contributed by atoms with Crippen LogP contribution in [0.1, 0.15) is 58.3 Å². The Hall–Kier alpha value is -1.66. The van der Waals surface area contributed by atoms with Crippen molar-refractivity contribution >= 4 is 12.7 Å². The highest BCUT2D eigenvalue weighted by molar-refractivity contribution is 7.81. The Kier molecular flexibility index (Phi) is 5.29. The summed E-state index contributed by atoms with van der Waals surface area (Å²) in [7, 11) is -3.01. The molecule has 2 aromatic carbocycles. The first kappa shape index (κ1) is 18.1. The molecule has 2 aromatic rings. The van der Waals surface area contributed by atoms with Crippen LogP contribution in [-0.2, 0) is 10.7 Å². The highest BCUT2D eigenvalue weighted by Gasteiger charge is 2.42. The maximum absolute atomic E-state index is 14.1. The molecule has 0 saturated heterocycles. The van der Waals surface area contributed by atoms with E-state index in [4.69, 9.17) is 0 Å². The number of rotatable bonds is 5. The molecule has 1 unspecified atom stereocenters. The van der Waals surface area contributed by atoms with Crippen molar-refractivity contribution in [1.82, 2.24) is 0 Å². The van der Waals surface area contributed by atoms with E-state index >= 15 is 0 Å². The van der Waals surface area contributed by atoms with Gasteiger partial charge in [0.15, 0.2) is 7.14 Å². The van der Waals surface area contributed by atoms with E-state index in [1.165, 1.54) is 0 Å². The first-order chi connectivity index (χ1) is 11.9. The summed E-state index contributed by atoms with van der Waals surface area (Å²) in [6.07, 6.45) is 4.40. The molecule has 0 spiro atoms. The van der Waals surface area contributed by atoms with Gasteiger partial charge in [-0.2, -0.15) is 0 Å². The molecule has 0 amide bonds. The van der Waals surface area contributed by atoms with Gasteiger partial charge in [-0.3, -0.25) is 4.79 Å². The second kappa shape index (κ2) is 7.30. The van der Waals surface area contributed by atoms with Crippen LogP contribution >= 0.6 is 7.14 Å². The maximum atomic E-state index is 14.1. The zero-order valence-electron chi connectivity index (χ0n) is 15.4. The van der Waals surface area contributed by atoms with Crippen molar-refractivity contribution in [2.24, 2.45) is 0 Å². The van der Waals surface area contributed by atoms with E-state index in [2.05, 4.69) is 0 Å². The molecule has 2 nitrogen and oxygen atoms in total. The van der Waals surface area contributed by atoms with E-state index < -0.39 is 7.14 Å². The molecule has 3 heteroatoms. The summed E-state index contributed by atoms with van der Waals surface area (Å²) < 4.78 is 14.1. The van der Waals surface area contributed by atoms with Crippen molar-refractivity contribution < 1.29 is 9.36 Å². The molecular weight excluding hydrogens is 327 g/mol. The number of hydrogen-bond donors (Lipinski definition) is 0. The van der Waals surface area contributed by atoms with Gasteiger partial charge < -0.3 is 4.57 Å². The van der Waals surface area contributed by atoms with Gasteiger partial charge in [-0.25, -0.2) is 0 Å². The quantitative estimate of drug-likeness (QED) is 0.594. The van der Waals surface area contributed by atoms with Crippen LogP contribution < -0.4 is 0 Å². The molecule has 1 fully saturated rings. The van der Waals surface area contributed by atoms with Gasteiger partial charge >= 0.3 is 0 Å². The molecule has 1 atom stereocenters. The highest BCUT2D eigenvalue weighted by Crippen LogP contribution is 2.61. The maximum Gasteiger partial charge on any atom is 0.222 e. The Labute approximate surface area is 151 Å². The number of benzene rings is 2. The van der Waals surface area contributed by atoms with Crippen LogP contribution in [0, 0.1) is 20.8 Å². The largest absolute Gasteiger partial charge is 0.315 e. The minimum atomic E-state index is -3.01. The fourth-order valence-electron chi connectivity index (χ4n) is 4.25. The van der Waals surface area contributed by atoms with Crippen molar-refractivity contribution in [3.8, 4) is 0 Å². The summed E-state index contributed by atoms with van der Waals surface area (Å²) in [5.41, 5.74) is 4.69. The second-order valence-corrected chi connectivity index (χ2v) is 10.5. The van der Waals surface area contributed by atoms with Crippen LogP contribution in [0.25, 0.3) is 0 Å². The summed E-state index contributed by atoms with van der Waals surface area (Å²) in [4.78, 5) is 13.5. The molecule has 25 heavy (non-hydrogen) atoms. The first-order valence-corrected chi connectivity index (χ1v) is 11.1. The average molecular weight is 354 g/mol. The normalized spacial score (nSPS) is 17.4. The topological polar surface area (TPSA) is 34.1 Å². The molecular formula is C22H27O2P. The van der Waals surface area contributed by atoms with E-state index in [0.717, 1.165) is 47.9 Å². The Bertz CT molecular complexity index is 794. The van der Waals surface area contributed by atoms with E-state index in [1.807, 2.05) is 63.2 Å². The molecule has 0 aliphatic heterocycles. The number of carbonyl (C=O) groups is 1. The lowest BCUT2D eigenvalue weighted by molar-refractivity contribution is 0.107. The van der Waals surface area contributed by atoms with Crippen molar-refractivity contribution in [1.29, 1.82) is 0 Å². The van der Waals surface area contributed by atoms with Crippen LogP contribution in [0.15, 0.2) is 42.5 Å². The Morgan fingerprint density at radius 3 is 2.12 bits per heavy atom. The zero-order chi connectivity index (χ0) is 18.0. The molecule has 0 heterocycles. The lowest BCUT2D eigenvalue weighted by Crippen LogP contribution is -2.16. The molecule has 1 aliphatic rings. The summed E-state index contributed by atoms with van der Waals surface area (Å²) >= 11 is 0. The van der Waals surface area contributed by atoms with E-state index in [1.54, 1.807) is 0 Å². The number of carbonyl (C=O) groups excluding carboxylic acids is 1. The number of hydrogen-bond acceptors (Lipinski definition) is 2. The number of aryl methyl sites for hydroxylation is 3. The molecule has 1 aliphatic carbocycles. The Morgan fingerprint density at radius 1 is 1.00 bits per heavy atom. The molecule has 0 aromatic heterocycles. The summed E-state index contributed by atoms with van der Waals surface area (Å²) in [6, 6.07) is 13.9. The summed E-state index contributed by atoms with van der Waals surface area (Å²) in [6.45, 7) is 5.97. The molecule has 132 valence electrons. The minimum absolute atomic E-state index is 0.0420. The lowest BCUT2D eigenvalue weighted by Gasteiger charge is -2.25. The fourth-order valence-corrected chi connectivity index (χ4v) is 7.67. The third kappa shape index (κ3) is 3.65. The van der Waals surface area contributed by atoms with Crippen molar-refractivity contribution in [2.45, 2.75) is 58.3 Å². The third-order valence-corrected chi connectivity index (χ3v) is 8.85. The van der Waals surface area contributed by atoms with Gasteiger partial charge in [-0.05, 0) is 50.3 Å². The second-order valence-electron chi connectivity index (χ2n) is 7.46. The van der Waals surface area contributed by atoms with E-state index in [-0.39, 0.29) is 11.2 Å². The highest BCUT2D eigenvalue weighted by atomic mass is 31.2. The molecule has 0 bridgehead atoms. The van der Waals surface area contributed by atoms with Crippen LogP contribution in [0.4, 0.5) is 0 Å². The SMILES string of the molecule is Cc1cc(C)c(C(=O)P(=O)(Cc2ccccc2)C2CCCC2)c(C)c1. The predicted molar refractivity (Wildman–Crippen MR) is 105 cm³/mol. The van der Waals surface area contributed by atoms with Gasteiger partial charge in [0.05, 0.1) is 0 Å². The van der Waals surface area contributed by atoms with Gasteiger partial charge in [0.25, 0.3) is 0 Å². The van der Waals surface area contributed by atoms with Crippen LogP contribution in [0.2, 0.25) is 0 Å². The van der Waals surface area contributed by atoms with Gasteiger partial charge in [-0.1, -0.05) is 60.9 Å². The van der Waals surface area contributed by atoms with Crippen molar-refractivity contribution in [3.63, 3.8) is 0 Å². The Morgan fingerprint density at radius 2 is 1.56 bits per heavy atom. The van der Waals surface area contributed by atoms with Crippen molar-refractivity contribution in [3.05, 3.63) is 70.3 Å². The Balaban J connectivity index is 2.05. The molecule has 3 rings (SSSR count). The third-order valence-electron chi connectivity index (χ3n) is 5.41. The van der Waals surface area contributed by atoms with Gasteiger partial charge in [-0.15, -0.1) is 0 Å². The standard InChI is InChI=1S/C22H27O2P/c1-16-13-17(2)21(18(3)14-16)22(23)25(24,20-11-7-8-12-20)15-19-9-5-4-6-10-19/h4-6,9-10,13-14,20H,7-8,11-12,15H2,1-3H3. The smallest absolute Gasteiger partial charge is 0.222 e. The first-order valence-electron chi connectivity index (χ1n) is 9.17. The zero-order valence-corrected chi connectivity index (χ0v) is 16.3. The summed E-state index contributed by atoms with van der Waals surface area (Å²) in [5, 5.41) is 0. The predicted octanol–water partition coefficient (Wildman–Crippen LogP) is 6.26. The van der Waals surface area contributed by atoms with E-state index in [0.29, 0.717) is 11.7 Å². The summed E-state index contributed by atoms with van der Waals surface area (Å²) in [5.74, 6) is 0. The van der Waals surface area contributed by atoms with E-state index in [9.17, 15) is 9.36 Å². The van der Waals surface area contributed by atoms with Crippen molar-refractivity contribution in [2.75, 3.05) is 0 Å².